The molecule has 1 aliphatic heterocycles. The molecule has 1 amide bonds. The highest BCUT2D eigenvalue weighted by Gasteiger charge is 2.50. The molecular weight excluding hydrogens is 219 g/mol. The number of carbonyl (C=O) groups excluding carboxylic acids is 1. The Hall–Kier alpha value is -1.04. The molecule has 17 heavy (non-hydrogen) atoms. The van der Waals surface area contributed by atoms with Crippen LogP contribution in [0.2, 0.25) is 6.32 Å². The summed E-state index contributed by atoms with van der Waals surface area (Å²) in [5.74, 6) is -1.14. The number of carbonyl (C=O) groups is 2. The van der Waals surface area contributed by atoms with Gasteiger partial charge in [0, 0.05) is 25.4 Å². The van der Waals surface area contributed by atoms with E-state index in [4.69, 9.17) is 5.73 Å². The van der Waals surface area contributed by atoms with Crippen molar-refractivity contribution < 1.29 is 14.7 Å². The van der Waals surface area contributed by atoms with E-state index in [2.05, 4.69) is 7.85 Å². The maximum absolute atomic E-state index is 11.6. The van der Waals surface area contributed by atoms with Gasteiger partial charge in [-0.25, -0.2) is 0 Å². The smallest absolute Gasteiger partial charge is 0.325 e. The van der Waals surface area contributed by atoms with E-state index < -0.39 is 11.5 Å². The molecule has 0 aliphatic carbocycles. The van der Waals surface area contributed by atoms with Gasteiger partial charge in [0.05, 0.1) is 0 Å². The first kappa shape index (κ1) is 14.0. The molecule has 96 valence electrons. The lowest BCUT2D eigenvalue weighted by Gasteiger charge is -2.25. The number of hydrogen-bond donors (Lipinski definition) is 2. The highest BCUT2D eigenvalue weighted by atomic mass is 16.4. The van der Waals surface area contributed by atoms with Crippen LogP contribution in [0.5, 0.6) is 0 Å². The fourth-order valence-corrected chi connectivity index (χ4v) is 2.39. The molecule has 0 saturated carbocycles. The second-order valence-corrected chi connectivity index (χ2v) is 4.81. The van der Waals surface area contributed by atoms with Crippen LogP contribution in [0.15, 0.2) is 0 Å². The summed E-state index contributed by atoms with van der Waals surface area (Å²) in [6, 6.07) is 0. The largest absolute Gasteiger partial charge is 0.480 e. The highest BCUT2D eigenvalue weighted by Crippen LogP contribution is 2.30. The molecule has 0 radical (unpaired) electrons. The Morgan fingerprint density at radius 1 is 1.59 bits per heavy atom. The van der Waals surface area contributed by atoms with Crippen molar-refractivity contribution in [3.63, 3.8) is 0 Å². The number of likely N-dealkylation sites (tertiary alicyclic amines) is 1. The summed E-state index contributed by atoms with van der Waals surface area (Å²) < 4.78 is 0. The van der Waals surface area contributed by atoms with Gasteiger partial charge in [-0.3, -0.25) is 9.59 Å². The van der Waals surface area contributed by atoms with Gasteiger partial charge in [-0.2, -0.15) is 0 Å². The van der Waals surface area contributed by atoms with Crippen molar-refractivity contribution in [2.45, 2.75) is 38.0 Å². The molecule has 1 rings (SSSR count). The van der Waals surface area contributed by atoms with E-state index in [1.54, 1.807) is 11.8 Å². The van der Waals surface area contributed by atoms with Crippen LogP contribution in [-0.2, 0) is 9.59 Å². The van der Waals surface area contributed by atoms with E-state index >= 15 is 0 Å². The van der Waals surface area contributed by atoms with Gasteiger partial charge in [-0.05, 0) is 6.42 Å². The Morgan fingerprint density at radius 2 is 2.24 bits per heavy atom. The second kappa shape index (κ2) is 5.53. The normalized spacial score (nSPS) is 28.4. The van der Waals surface area contributed by atoms with Gasteiger partial charge >= 0.3 is 5.97 Å². The lowest BCUT2D eigenvalue weighted by molar-refractivity contribution is -0.144. The van der Waals surface area contributed by atoms with Crippen molar-refractivity contribution in [1.29, 1.82) is 0 Å². The maximum Gasteiger partial charge on any atom is 0.325 e. The van der Waals surface area contributed by atoms with E-state index in [-0.39, 0.29) is 18.4 Å². The molecule has 0 aromatic carbocycles. The van der Waals surface area contributed by atoms with Gasteiger partial charge < -0.3 is 15.7 Å². The van der Waals surface area contributed by atoms with Gasteiger partial charge in [0.2, 0.25) is 5.91 Å². The number of rotatable bonds is 5. The van der Waals surface area contributed by atoms with E-state index in [1.165, 1.54) is 0 Å². The zero-order valence-corrected chi connectivity index (χ0v) is 10.6. The summed E-state index contributed by atoms with van der Waals surface area (Å²) >= 11 is 0. The molecule has 0 aromatic heterocycles. The summed E-state index contributed by atoms with van der Waals surface area (Å²) in [4.78, 5) is 24.5. The van der Waals surface area contributed by atoms with E-state index in [9.17, 15) is 14.7 Å². The molecule has 0 spiro atoms. The predicted molar refractivity (Wildman–Crippen MR) is 67.5 cm³/mol. The van der Waals surface area contributed by atoms with Gasteiger partial charge in [0.25, 0.3) is 0 Å². The average molecular weight is 240 g/mol. The molecule has 2 atom stereocenters. The molecule has 1 fully saturated rings. The zero-order chi connectivity index (χ0) is 13.1. The maximum atomic E-state index is 11.6. The number of carboxylic acids is 1. The Morgan fingerprint density at radius 3 is 2.71 bits per heavy atom. The van der Waals surface area contributed by atoms with Gasteiger partial charge in [-0.1, -0.05) is 19.7 Å². The topological polar surface area (TPSA) is 83.6 Å². The van der Waals surface area contributed by atoms with Gasteiger partial charge in [0.15, 0.2) is 0 Å². The molecule has 1 saturated heterocycles. The SMILES string of the molecule is BCCC[C@H]1CN(C(=O)CC)C[C@@]1(N)C(=O)O. The zero-order valence-electron chi connectivity index (χ0n) is 10.6. The summed E-state index contributed by atoms with van der Waals surface area (Å²) in [7, 11) is 2.06. The van der Waals surface area contributed by atoms with E-state index in [0.717, 1.165) is 19.2 Å². The van der Waals surface area contributed by atoms with Gasteiger partial charge in [-0.15, -0.1) is 0 Å². The molecule has 1 aliphatic rings. The molecular formula is C11H21BN2O3. The third kappa shape index (κ3) is 2.80. The third-order valence-electron chi connectivity index (χ3n) is 3.58. The van der Waals surface area contributed by atoms with Crippen LogP contribution in [0.25, 0.3) is 0 Å². The lowest BCUT2D eigenvalue weighted by Crippen LogP contribution is -2.55. The van der Waals surface area contributed by atoms with E-state index in [0.29, 0.717) is 13.0 Å². The number of amides is 1. The summed E-state index contributed by atoms with van der Waals surface area (Å²) in [6.07, 6.45) is 3.13. The predicted octanol–water partition coefficient (Wildman–Crippen LogP) is -0.531. The lowest BCUT2D eigenvalue weighted by atomic mass is 9.83. The summed E-state index contributed by atoms with van der Waals surface area (Å²) in [5, 5.41) is 9.25. The number of aliphatic carboxylic acids is 1. The van der Waals surface area contributed by atoms with Crippen LogP contribution >= 0.6 is 0 Å². The standard InChI is InChI=1S/C11H21BN2O3/c1-2-9(15)14-6-8(4-3-5-12)11(13,7-14)10(16)17/h8H,2-7,12-13H2,1H3,(H,16,17)/t8-,11-/m0/s1. The first-order valence-corrected chi connectivity index (χ1v) is 6.25. The minimum absolute atomic E-state index is 0.0138. The average Bonchev–Trinajstić information content (AvgIpc) is 2.64. The Balaban J connectivity index is 2.79. The molecule has 0 unspecified atom stereocenters. The van der Waals surface area contributed by atoms with Crippen LogP contribution in [0, 0.1) is 5.92 Å². The van der Waals surface area contributed by atoms with Crippen LogP contribution in [-0.4, -0.2) is 48.4 Å². The van der Waals surface area contributed by atoms with E-state index in [1.807, 2.05) is 0 Å². The third-order valence-corrected chi connectivity index (χ3v) is 3.58. The number of nitrogens with zero attached hydrogens (tertiary/aromatic N) is 1. The number of hydrogen-bond acceptors (Lipinski definition) is 3. The van der Waals surface area contributed by atoms with Crippen molar-refractivity contribution in [2.75, 3.05) is 13.1 Å². The summed E-state index contributed by atoms with van der Waals surface area (Å²) in [6.45, 7) is 2.40. The molecule has 3 N–H and O–H groups in total. The van der Waals surface area contributed by atoms with Crippen molar-refractivity contribution in [3.05, 3.63) is 0 Å². The Labute approximate surface area is 103 Å². The molecule has 6 heteroatoms. The molecule has 1 heterocycles. The van der Waals surface area contributed by atoms with Crippen molar-refractivity contribution in [2.24, 2.45) is 11.7 Å². The van der Waals surface area contributed by atoms with Crippen molar-refractivity contribution in [1.82, 2.24) is 4.90 Å². The molecule has 5 nitrogen and oxygen atoms in total. The minimum Gasteiger partial charge on any atom is -0.480 e. The second-order valence-electron chi connectivity index (χ2n) is 4.81. The molecule has 0 bridgehead atoms. The first-order valence-electron chi connectivity index (χ1n) is 6.25. The highest BCUT2D eigenvalue weighted by molar-refractivity contribution is 6.08. The Bertz CT molecular complexity index is 311. The Kier molecular flexibility index (Phi) is 4.57. The first-order chi connectivity index (χ1) is 7.95. The number of nitrogens with two attached hydrogens (primary N) is 1. The fraction of sp³-hybridized carbons (Fsp3) is 0.818. The molecule has 0 aromatic rings. The van der Waals surface area contributed by atoms with Crippen molar-refractivity contribution >= 4 is 19.7 Å². The van der Waals surface area contributed by atoms with Crippen LogP contribution in [0.4, 0.5) is 0 Å². The minimum atomic E-state index is -1.26. The van der Waals surface area contributed by atoms with Crippen LogP contribution in [0.1, 0.15) is 26.2 Å². The summed E-state index contributed by atoms with van der Waals surface area (Å²) in [5.41, 5.74) is 4.71. The van der Waals surface area contributed by atoms with Gasteiger partial charge in [0.1, 0.15) is 13.4 Å². The number of carboxylic acid groups (broad SMARTS) is 1. The fourth-order valence-electron chi connectivity index (χ4n) is 2.39. The van der Waals surface area contributed by atoms with Crippen molar-refractivity contribution in [3.8, 4) is 0 Å². The van der Waals surface area contributed by atoms with Crippen LogP contribution < -0.4 is 5.73 Å². The van der Waals surface area contributed by atoms with Crippen LogP contribution in [0.3, 0.4) is 0 Å². The quantitative estimate of drug-likeness (QED) is 0.632. The monoisotopic (exact) mass is 240 g/mol.